The molecule has 0 bridgehead atoms. The molecule has 0 radical (unpaired) electrons. The standard InChI is InChI=1S/C20H20FN3O2S/c1-12-8-9-14(10-13(12)2)23-20(22-3)27-17-11-18(25)24(19(17)26)16-7-5-4-6-15(16)21/h4-10,17H,11H2,1-3H3,(H,22,23)/t17-/m0/s1. The Morgan fingerprint density at radius 3 is 2.59 bits per heavy atom. The molecule has 1 aliphatic rings. The summed E-state index contributed by atoms with van der Waals surface area (Å²) in [5.74, 6) is -1.44. The summed E-state index contributed by atoms with van der Waals surface area (Å²) in [5, 5.41) is 3.07. The lowest BCUT2D eigenvalue weighted by Crippen LogP contribution is -2.32. The van der Waals surface area contributed by atoms with Gasteiger partial charge in [0.25, 0.3) is 0 Å². The Balaban J connectivity index is 1.75. The molecule has 5 nitrogen and oxygen atoms in total. The topological polar surface area (TPSA) is 61.8 Å². The van der Waals surface area contributed by atoms with E-state index in [0.29, 0.717) is 5.17 Å². The van der Waals surface area contributed by atoms with Gasteiger partial charge in [0, 0.05) is 19.2 Å². The molecule has 0 aliphatic carbocycles. The first kappa shape index (κ1) is 19.1. The first-order chi connectivity index (χ1) is 12.9. The van der Waals surface area contributed by atoms with Gasteiger partial charge in [-0.1, -0.05) is 30.0 Å². The fourth-order valence-corrected chi connectivity index (χ4v) is 3.78. The van der Waals surface area contributed by atoms with E-state index in [1.54, 1.807) is 13.1 Å². The minimum absolute atomic E-state index is 0.00542. The van der Waals surface area contributed by atoms with E-state index >= 15 is 0 Å². The van der Waals surface area contributed by atoms with Gasteiger partial charge in [-0.2, -0.15) is 0 Å². The van der Waals surface area contributed by atoms with E-state index in [-0.39, 0.29) is 12.1 Å². The van der Waals surface area contributed by atoms with E-state index in [4.69, 9.17) is 0 Å². The van der Waals surface area contributed by atoms with Crippen molar-refractivity contribution in [1.82, 2.24) is 0 Å². The molecule has 1 N–H and O–H groups in total. The van der Waals surface area contributed by atoms with Crippen molar-refractivity contribution in [3.05, 3.63) is 59.4 Å². The number of thioether (sulfide) groups is 1. The minimum Gasteiger partial charge on any atom is -0.335 e. The van der Waals surface area contributed by atoms with Crippen molar-refractivity contribution < 1.29 is 14.0 Å². The van der Waals surface area contributed by atoms with Crippen LogP contribution in [0.5, 0.6) is 0 Å². The SMILES string of the molecule is CN=C(Nc1ccc(C)c(C)c1)S[C@H]1CC(=O)N(c2ccccc2F)C1=O. The highest BCUT2D eigenvalue weighted by atomic mass is 32.2. The monoisotopic (exact) mass is 385 g/mol. The number of hydrogen-bond donors (Lipinski definition) is 1. The first-order valence-electron chi connectivity index (χ1n) is 8.49. The maximum absolute atomic E-state index is 14.0. The summed E-state index contributed by atoms with van der Waals surface area (Å²) < 4.78 is 14.0. The van der Waals surface area contributed by atoms with Crippen LogP contribution >= 0.6 is 11.8 Å². The highest BCUT2D eigenvalue weighted by Crippen LogP contribution is 2.32. The van der Waals surface area contributed by atoms with Gasteiger partial charge < -0.3 is 5.32 Å². The lowest BCUT2D eigenvalue weighted by molar-refractivity contribution is -0.121. The summed E-state index contributed by atoms with van der Waals surface area (Å²) in [6.45, 7) is 4.05. The zero-order chi connectivity index (χ0) is 19.6. The van der Waals surface area contributed by atoms with Crippen molar-refractivity contribution in [3.63, 3.8) is 0 Å². The normalized spacial score (nSPS) is 17.6. The molecule has 0 spiro atoms. The lowest BCUT2D eigenvalue weighted by atomic mass is 10.1. The van der Waals surface area contributed by atoms with E-state index in [1.807, 2.05) is 32.0 Å². The number of aryl methyl sites for hydroxylation is 2. The molecule has 3 rings (SSSR count). The van der Waals surface area contributed by atoms with Crippen molar-refractivity contribution in [3.8, 4) is 0 Å². The highest BCUT2D eigenvalue weighted by molar-refractivity contribution is 8.15. The number of imide groups is 1. The smallest absolute Gasteiger partial charge is 0.247 e. The first-order valence-corrected chi connectivity index (χ1v) is 9.37. The molecule has 1 aliphatic heterocycles. The molecule has 1 fully saturated rings. The number of para-hydroxylation sites is 1. The maximum Gasteiger partial charge on any atom is 0.247 e. The number of benzene rings is 2. The number of carbonyl (C=O) groups is 2. The number of nitrogens with one attached hydrogen (secondary N) is 1. The molecule has 1 saturated heterocycles. The van der Waals surface area contributed by atoms with Gasteiger partial charge in [-0.05, 0) is 49.2 Å². The van der Waals surface area contributed by atoms with Crippen LogP contribution in [-0.2, 0) is 9.59 Å². The summed E-state index contributed by atoms with van der Waals surface area (Å²) in [5.41, 5.74) is 3.17. The van der Waals surface area contributed by atoms with Crippen LogP contribution in [0.15, 0.2) is 47.5 Å². The Labute approximate surface area is 161 Å². The second kappa shape index (κ2) is 7.92. The molecule has 1 heterocycles. The molecule has 0 aromatic heterocycles. The van der Waals surface area contributed by atoms with Crippen LogP contribution in [0.2, 0.25) is 0 Å². The number of amidine groups is 1. The van der Waals surface area contributed by atoms with Crippen molar-refractivity contribution in [1.29, 1.82) is 0 Å². The number of amides is 2. The number of nitrogens with zero attached hydrogens (tertiary/aromatic N) is 2. The number of halogens is 1. The Bertz CT molecular complexity index is 929. The third kappa shape index (κ3) is 4.03. The summed E-state index contributed by atoms with van der Waals surface area (Å²) in [6, 6.07) is 11.7. The number of rotatable bonds is 3. The Kier molecular flexibility index (Phi) is 5.60. The molecule has 2 amide bonds. The molecule has 2 aromatic carbocycles. The van der Waals surface area contributed by atoms with Gasteiger partial charge in [-0.25, -0.2) is 9.29 Å². The quantitative estimate of drug-likeness (QED) is 0.494. The van der Waals surface area contributed by atoms with E-state index in [1.165, 1.54) is 35.5 Å². The average Bonchev–Trinajstić information content (AvgIpc) is 2.91. The fraction of sp³-hybridized carbons (Fsp3) is 0.250. The molecular weight excluding hydrogens is 365 g/mol. The van der Waals surface area contributed by atoms with E-state index < -0.39 is 22.9 Å². The summed E-state index contributed by atoms with van der Waals surface area (Å²) >= 11 is 1.18. The highest BCUT2D eigenvalue weighted by Gasteiger charge is 2.41. The largest absolute Gasteiger partial charge is 0.335 e. The molecule has 0 saturated carbocycles. The van der Waals surface area contributed by atoms with Crippen LogP contribution in [0.1, 0.15) is 17.5 Å². The molecule has 2 aromatic rings. The van der Waals surface area contributed by atoms with Gasteiger partial charge in [-0.15, -0.1) is 0 Å². The minimum atomic E-state index is -0.644. The van der Waals surface area contributed by atoms with Crippen LogP contribution in [0.4, 0.5) is 15.8 Å². The summed E-state index contributed by atoms with van der Waals surface area (Å²) in [6.07, 6.45) is 0.00542. The zero-order valence-corrected chi connectivity index (χ0v) is 16.1. The van der Waals surface area contributed by atoms with Crippen molar-refractivity contribution >= 4 is 40.1 Å². The lowest BCUT2D eigenvalue weighted by Gasteiger charge is -2.16. The van der Waals surface area contributed by atoms with Gasteiger partial charge in [0.15, 0.2) is 5.17 Å². The summed E-state index contributed by atoms with van der Waals surface area (Å²) in [4.78, 5) is 30.1. The Morgan fingerprint density at radius 2 is 1.93 bits per heavy atom. The number of hydrogen-bond acceptors (Lipinski definition) is 4. The van der Waals surface area contributed by atoms with E-state index in [2.05, 4.69) is 10.3 Å². The molecule has 0 unspecified atom stereocenters. The second-order valence-corrected chi connectivity index (χ2v) is 7.47. The fourth-order valence-electron chi connectivity index (χ4n) is 2.80. The average molecular weight is 385 g/mol. The second-order valence-electron chi connectivity index (χ2n) is 6.28. The van der Waals surface area contributed by atoms with Gasteiger partial charge in [0.2, 0.25) is 11.8 Å². The Hall–Kier alpha value is -2.67. The van der Waals surface area contributed by atoms with Gasteiger partial charge in [-0.3, -0.25) is 14.6 Å². The third-order valence-electron chi connectivity index (χ3n) is 4.41. The molecule has 140 valence electrons. The van der Waals surface area contributed by atoms with Gasteiger partial charge in [0.1, 0.15) is 11.1 Å². The molecule has 27 heavy (non-hydrogen) atoms. The maximum atomic E-state index is 14.0. The molecule has 1 atom stereocenters. The zero-order valence-electron chi connectivity index (χ0n) is 15.3. The van der Waals surface area contributed by atoms with Crippen LogP contribution < -0.4 is 10.2 Å². The predicted molar refractivity (Wildman–Crippen MR) is 108 cm³/mol. The van der Waals surface area contributed by atoms with Crippen LogP contribution in [0.3, 0.4) is 0 Å². The number of aliphatic imine (C=N–C) groups is 1. The van der Waals surface area contributed by atoms with E-state index in [0.717, 1.165) is 16.2 Å². The number of anilines is 2. The van der Waals surface area contributed by atoms with Crippen LogP contribution in [-0.4, -0.2) is 29.3 Å². The van der Waals surface area contributed by atoms with Crippen molar-refractivity contribution in [2.24, 2.45) is 4.99 Å². The summed E-state index contributed by atoms with van der Waals surface area (Å²) in [7, 11) is 1.62. The predicted octanol–water partition coefficient (Wildman–Crippen LogP) is 3.91. The van der Waals surface area contributed by atoms with Gasteiger partial charge >= 0.3 is 0 Å². The molecule has 7 heteroatoms. The van der Waals surface area contributed by atoms with Crippen molar-refractivity contribution in [2.45, 2.75) is 25.5 Å². The Morgan fingerprint density at radius 1 is 1.19 bits per heavy atom. The third-order valence-corrected chi connectivity index (χ3v) is 5.57. The van der Waals surface area contributed by atoms with Crippen LogP contribution in [0.25, 0.3) is 0 Å². The van der Waals surface area contributed by atoms with Crippen molar-refractivity contribution in [2.75, 3.05) is 17.3 Å². The van der Waals surface area contributed by atoms with Crippen LogP contribution in [0, 0.1) is 19.7 Å². The van der Waals surface area contributed by atoms with Gasteiger partial charge in [0.05, 0.1) is 5.69 Å². The number of carbonyl (C=O) groups excluding carboxylic acids is 2. The molecular formula is C20H20FN3O2S. The van der Waals surface area contributed by atoms with E-state index in [9.17, 15) is 14.0 Å².